The van der Waals surface area contributed by atoms with Gasteiger partial charge < -0.3 is 0 Å². The predicted molar refractivity (Wildman–Crippen MR) is 196 cm³/mol. The van der Waals surface area contributed by atoms with Crippen molar-refractivity contribution < 1.29 is 25.4 Å². The third-order valence-corrected chi connectivity index (χ3v) is 33.0. The minimum absolute atomic E-state index is 0.0503. The average Bonchev–Trinajstić information content (AvgIpc) is 3.66. The molecule has 2 aliphatic rings. The van der Waals surface area contributed by atoms with E-state index >= 15 is 0 Å². The van der Waals surface area contributed by atoms with Gasteiger partial charge in [0.2, 0.25) is 0 Å². The summed E-state index contributed by atoms with van der Waals surface area (Å²) < 4.78 is 12.0. The summed E-state index contributed by atoms with van der Waals surface area (Å²) in [6, 6.07) is 30.0. The van der Waals surface area contributed by atoms with E-state index in [1.165, 1.54) is 47.7 Å². The first-order valence-electron chi connectivity index (χ1n) is 16.3. The number of hydrogen-bond acceptors (Lipinski definition) is 2. The molecule has 46 heavy (non-hydrogen) atoms. The molecule has 4 aromatic carbocycles. The van der Waals surface area contributed by atoms with E-state index in [-0.39, 0.29) is 19.1 Å². The molecule has 6 rings (SSSR count). The summed E-state index contributed by atoms with van der Waals surface area (Å²) in [7, 11) is 20.6. The summed E-state index contributed by atoms with van der Waals surface area (Å²) in [5, 5.41) is 0. The molecule has 0 N–H and O–H groups in total. The van der Waals surface area contributed by atoms with Crippen LogP contribution in [-0.4, -0.2) is 17.4 Å². The van der Waals surface area contributed by atoms with Gasteiger partial charge in [0.05, 0.1) is 0 Å². The molecule has 0 spiro atoms. The molecule has 2 nitrogen and oxygen atoms in total. The zero-order valence-electron chi connectivity index (χ0n) is 28.1. The zero-order valence-corrected chi connectivity index (χ0v) is 32.1. The van der Waals surface area contributed by atoms with Crippen molar-refractivity contribution in [3.63, 3.8) is 0 Å². The molecule has 0 aromatic heterocycles. The molecule has 2 aliphatic carbocycles. The van der Waals surface area contributed by atoms with Gasteiger partial charge in [-0.05, 0) is 0 Å². The van der Waals surface area contributed by atoms with Crippen LogP contribution >= 0.6 is 17.0 Å². The number of ether oxygens (including phenoxy) is 2. The summed E-state index contributed by atoms with van der Waals surface area (Å²) in [5.41, 5.74) is 12.4. The SMILES string of the molecule is COc1ccc(-c2cccc3c2C=C(C(C)C)[CH]3[Zr]([Cl])([Cl])(=[C](C)C)[CH]2C(C(C)C)=Cc3c(-c4ccc(OC)cc4)cccc32)cc1. The van der Waals surface area contributed by atoms with E-state index in [1.807, 2.05) is 24.3 Å². The quantitative estimate of drug-likeness (QED) is 0.180. The van der Waals surface area contributed by atoms with Gasteiger partial charge in [0, 0.05) is 0 Å². The summed E-state index contributed by atoms with van der Waals surface area (Å²) in [6.45, 7) is 13.6. The molecule has 0 bridgehead atoms. The van der Waals surface area contributed by atoms with Crippen molar-refractivity contribution in [3.05, 3.63) is 118 Å². The third kappa shape index (κ3) is 5.22. The third-order valence-electron chi connectivity index (χ3n) is 10.3. The number of fused-ring (bicyclic) bond motifs is 2. The van der Waals surface area contributed by atoms with Gasteiger partial charge in [0.1, 0.15) is 0 Å². The second kappa shape index (κ2) is 12.4. The Bertz CT molecular complexity index is 1800. The first-order valence-corrected chi connectivity index (χ1v) is 26.7. The van der Waals surface area contributed by atoms with Gasteiger partial charge in [-0.2, -0.15) is 0 Å². The summed E-state index contributed by atoms with van der Waals surface area (Å²) >= 11 is -5.12. The van der Waals surface area contributed by atoms with Crippen molar-refractivity contribution in [3.8, 4) is 33.8 Å². The normalized spacial score (nSPS) is 17.5. The topological polar surface area (TPSA) is 18.5 Å². The van der Waals surface area contributed by atoms with Crippen molar-refractivity contribution in [1.82, 2.24) is 0 Å². The van der Waals surface area contributed by atoms with Crippen LogP contribution in [0, 0.1) is 11.8 Å². The molecule has 0 aliphatic heterocycles. The van der Waals surface area contributed by atoms with Crippen molar-refractivity contribution in [2.45, 2.75) is 48.8 Å². The van der Waals surface area contributed by atoms with Gasteiger partial charge in [0.25, 0.3) is 0 Å². The Morgan fingerprint density at radius 3 is 1.26 bits per heavy atom. The predicted octanol–water partition coefficient (Wildman–Crippen LogP) is 12.1. The molecule has 2 unspecified atom stereocenters. The van der Waals surface area contributed by atoms with Gasteiger partial charge >= 0.3 is 285 Å². The molecule has 0 saturated carbocycles. The van der Waals surface area contributed by atoms with Crippen molar-refractivity contribution in [1.29, 1.82) is 0 Å². The molecule has 0 saturated heterocycles. The van der Waals surface area contributed by atoms with E-state index in [4.69, 9.17) is 26.5 Å². The van der Waals surface area contributed by atoms with E-state index in [1.54, 1.807) is 14.2 Å². The Kier molecular flexibility index (Phi) is 8.94. The van der Waals surface area contributed by atoms with Gasteiger partial charge in [0.15, 0.2) is 0 Å². The van der Waals surface area contributed by atoms with Crippen LogP contribution in [0.4, 0.5) is 0 Å². The number of rotatable bonds is 8. The number of methoxy groups -OCH3 is 2. The van der Waals surface area contributed by atoms with Crippen LogP contribution in [0.2, 0.25) is 0 Å². The zero-order chi connectivity index (χ0) is 33.0. The fourth-order valence-corrected chi connectivity index (χ4v) is 26.3. The Labute approximate surface area is 282 Å². The minimum atomic E-state index is -5.12. The Morgan fingerprint density at radius 1 is 0.587 bits per heavy atom. The van der Waals surface area contributed by atoms with Crippen LogP contribution in [0.5, 0.6) is 11.5 Å². The van der Waals surface area contributed by atoms with Gasteiger partial charge in [-0.1, -0.05) is 0 Å². The molecular formula is C41H44Cl2O2Zr. The molecule has 238 valence electrons. The standard InChI is InChI=1S/2C19H19O.C3H6.2ClH.Zr/c2*1-13(2)16-11-15-5-4-6-18(19(15)12-16)14-7-9-17(20-3)10-8-14;1-3-2;;;/h2*4-13H,1-3H3;1-2H3;2*1H;/q;;;;;+2/p-2. The van der Waals surface area contributed by atoms with Crippen LogP contribution in [0.15, 0.2) is 96.1 Å². The van der Waals surface area contributed by atoms with Crippen molar-refractivity contribution >= 4 is 32.4 Å². The van der Waals surface area contributed by atoms with Crippen LogP contribution in [0.1, 0.15) is 71.0 Å². The van der Waals surface area contributed by atoms with Crippen LogP contribution in [0.25, 0.3) is 34.4 Å². The first-order chi connectivity index (χ1) is 21.9. The van der Waals surface area contributed by atoms with E-state index in [2.05, 4.69) is 114 Å². The summed E-state index contributed by atoms with van der Waals surface area (Å²) in [6.07, 6.45) is 4.82. The summed E-state index contributed by atoms with van der Waals surface area (Å²) in [5.74, 6) is 2.26. The molecule has 0 heterocycles. The van der Waals surface area contributed by atoms with Crippen molar-refractivity contribution in [2.24, 2.45) is 11.8 Å². The molecule has 0 fully saturated rings. The number of allylic oxidation sites excluding steroid dienone is 2. The molecule has 0 amide bonds. The van der Waals surface area contributed by atoms with Crippen LogP contribution < -0.4 is 9.47 Å². The monoisotopic (exact) mass is 728 g/mol. The van der Waals surface area contributed by atoms with E-state index in [0.717, 1.165) is 22.6 Å². The van der Waals surface area contributed by atoms with Crippen LogP contribution in [0.3, 0.4) is 0 Å². The van der Waals surface area contributed by atoms with Gasteiger partial charge in [-0.15, -0.1) is 0 Å². The molecule has 4 aromatic rings. The maximum absolute atomic E-state index is 8.57. The number of benzene rings is 4. The molecular weight excluding hydrogens is 687 g/mol. The first kappa shape index (κ1) is 33.2. The Morgan fingerprint density at radius 2 is 0.957 bits per heavy atom. The average molecular weight is 731 g/mol. The molecule has 0 radical (unpaired) electrons. The van der Waals surface area contributed by atoms with Crippen LogP contribution in [-0.2, 0) is 15.9 Å². The fourth-order valence-electron chi connectivity index (χ4n) is 7.82. The molecule has 5 heteroatoms. The van der Waals surface area contributed by atoms with E-state index < -0.39 is 15.9 Å². The maximum atomic E-state index is 8.57. The van der Waals surface area contributed by atoms with E-state index in [9.17, 15) is 0 Å². The fraction of sp³-hybridized carbons (Fsp3) is 0.293. The van der Waals surface area contributed by atoms with Crippen molar-refractivity contribution in [2.75, 3.05) is 14.2 Å². The Hall–Kier alpha value is -2.71. The second-order valence-electron chi connectivity index (χ2n) is 13.7. The van der Waals surface area contributed by atoms with Gasteiger partial charge in [-0.3, -0.25) is 0 Å². The van der Waals surface area contributed by atoms with Gasteiger partial charge in [-0.25, -0.2) is 0 Å². The molecule has 2 atom stereocenters. The summed E-state index contributed by atoms with van der Waals surface area (Å²) in [4.78, 5) is 0. The van der Waals surface area contributed by atoms with E-state index in [0.29, 0.717) is 0 Å². The number of hydrogen-bond donors (Lipinski definition) is 0. The number of halogens is 2. The second-order valence-corrected chi connectivity index (χ2v) is 35.4. The Balaban J connectivity index is 1.60.